The van der Waals surface area contributed by atoms with Crippen LogP contribution in [-0.4, -0.2) is 63.3 Å². The Labute approximate surface area is 354 Å². The van der Waals surface area contributed by atoms with Gasteiger partial charge in [0.05, 0.1) is 12.1 Å². The van der Waals surface area contributed by atoms with Crippen molar-refractivity contribution < 1.29 is 59.6 Å². The van der Waals surface area contributed by atoms with Gasteiger partial charge in [0.25, 0.3) is 0 Å². The van der Waals surface area contributed by atoms with E-state index in [0.717, 1.165) is 6.07 Å². The summed E-state index contributed by atoms with van der Waals surface area (Å²) in [5.74, 6) is 0.333. The molecule has 0 saturated heterocycles. The van der Waals surface area contributed by atoms with E-state index < -0.39 is 17.3 Å². The van der Waals surface area contributed by atoms with Crippen molar-refractivity contribution in [1.82, 2.24) is 36.0 Å². The van der Waals surface area contributed by atoms with Gasteiger partial charge in [-0.05, 0) is 48.9 Å². The van der Waals surface area contributed by atoms with Gasteiger partial charge >= 0.3 is 42.7 Å². The minimum atomic E-state index is -4.68. The molecule has 49 heavy (non-hydrogen) atoms. The summed E-state index contributed by atoms with van der Waals surface area (Å²) in [5.41, 5.74) is -3.09. The largest absolute Gasteiger partial charge is 2.00 e. The Bertz CT molecular complexity index is 1400. The number of aliphatic hydroxyl groups is 1. The second kappa shape index (κ2) is 25.9. The van der Waals surface area contributed by atoms with Gasteiger partial charge in [-0.3, -0.25) is 0 Å². The van der Waals surface area contributed by atoms with Crippen molar-refractivity contribution in [3.05, 3.63) is 71.3 Å². The summed E-state index contributed by atoms with van der Waals surface area (Å²) in [4.78, 5) is 3.73. The van der Waals surface area contributed by atoms with Crippen molar-refractivity contribution in [2.45, 2.75) is 25.2 Å². The molecule has 0 saturated carbocycles. The number of benzene rings is 2. The zero-order chi connectivity index (χ0) is 35.6. The number of ether oxygens (including phenoxy) is 1. The number of thiocarbonyl (C=S) groups is 4. The Kier molecular flexibility index (Phi) is 26.5. The predicted molar refractivity (Wildman–Crippen MR) is 204 cm³/mol. The molecule has 0 spiro atoms. The van der Waals surface area contributed by atoms with Gasteiger partial charge < -0.3 is 130 Å². The molecule has 1 aromatic heterocycles. The Balaban J connectivity index is 0. The molecule has 263 valence electrons. The van der Waals surface area contributed by atoms with Gasteiger partial charge in [-0.2, -0.15) is 18.3 Å². The van der Waals surface area contributed by atoms with Crippen LogP contribution in [0.4, 0.5) is 13.2 Å². The molecule has 0 aliphatic carbocycles. The van der Waals surface area contributed by atoms with Crippen LogP contribution < -0.4 is 26.0 Å². The third-order valence-corrected chi connectivity index (χ3v) is 6.60. The average molecular weight is 939 g/mol. The molecule has 1 atom stereocenters. The van der Waals surface area contributed by atoms with Crippen LogP contribution in [0.5, 0.6) is 11.5 Å². The molecule has 0 fully saturated rings. The molecular weight excluding hydrogens is 912 g/mol. The maximum atomic E-state index is 13.6. The van der Waals surface area contributed by atoms with Crippen LogP contribution >= 0.6 is 60.5 Å². The minimum Gasteiger partial charge on any atom is -0.457 e. The van der Waals surface area contributed by atoms with Crippen molar-refractivity contribution in [2.24, 2.45) is 0 Å². The Morgan fingerprint density at radius 3 is 1.61 bits per heavy atom. The van der Waals surface area contributed by atoms with Crippen LogP contribution in [0.2, 0.25) is 5.02 Å². The molecule has 1 heterocycles. The fourth-order valence-corrected chi connectivity index (χ4v) is 4.25. The zero-order valence-electron chi connectivity index (χ0n) is 25.3. The van der Waals surface area contributed by atoms with E-state index in [1.54, 1.807) is 24.3 Å². The van der Waals surface area contributed by atoms with Crippen molar-refractivity contribution in [2.75, 3.05) is 26.2 Å². The molecule has 3 rings (SSSR count). The number of halogens is 4. The molecule has 1 unspecified atom stereocenters. The number of aromatic nitrogens is 3. The molecule has 3 aromatic rings. The molecule has 9 nitrogen and oxygen atoms in total. The minimum absolute atomic E-state index is 0. The second-order valence-electron chi connectivity index (χ2n) is 8.98. The quantitative estimate of drug-likeness (QED) is 0.0816. The van der Waals surface area contributed by atoms with Gasteiger partial charge in [0.2, 0.25) is 0 Å². The monoisotopic (exact) mass is 936 g/mol. The van der Waals surface area contributed by atoms with Crippen LogP contribution in [-0.2, 0) is 105 Å². The summed E-state index contributed by atoms with van der Waals surface area (Å²) in [6, 6.07) is 9.66. The molecule has 2 aromatic carbocycles. The molecule has 0 aliphatic rings. The maximum absolute atomic E-state index is 13.6. The summed E-state index contributed by atoms with van der Waals surface area (Å²) in [7, 11) is 0. The smallest absolute Gasteiger partial charge is 0.457 e. The first kappa shape index (κ1) is 50.1. The Morgan fingerprint density at radius 2 is 1.24 bits per heavy atom. The van der Waals surface area contributed by atoms with E-state index in [1.807, 2.05) is 0 Å². The second-order valence-corrected chi connectivity index (χ2v) is 13.7. The van der Waals surface area contributed by atoms with Crippen LogP contribution in [0.25, 0.3) is 0 Å². The number of hydrogen-bond acceptors (Lipinski definition) is 12. The van der Waals surface area contributed by atoms with E-state index in [9.17, 15) is 18.3 Å². The predicted octanol–water partition coefficient (Wildman–Crippen LogP) is 4.30. The van der Waals surface area contributed by atoms with Gasteiger partial charge in [-0.1, -0.05) is 34.9 Å². The first-order valence-electron chi connectivity index (χ1n) is 12.9. The van der Waals surface area contributed by atoms with Gasteiger partial charge in [0.1, 0.15) is 29.8 Å². The van der Waals surface area contributed by atoms with Crippen LogP contribution in [0.3, 0.4) is 0 Å². The van der Waals surface area contributed by atoms with Crippen molar-refractivity contribution in [3.63, 3.8) is 0 Å². The van der Waals surface area contributed by atoms with Crippen LogP contribution in [0.15, 0.2) is 55.1 Å². The van der Waals surface area contributed by atoms with E-state index in [0.29, 0.717) is 54.2 Å². The van der Waals surface area contributed by atoms with Crippen molar-refractivity contribution in [1.29, 1.82) is 0 Å². The fourth-order valence-electron chi connectivity index (χ4n) is 3.30. The third kappa shape index (κ3) is 23.2. The molecule has 23 heteroatoms. The maximum Gasteiger partial charge on any atom is 2.00 e. The first-order valence-corrected chi connectivity index (χ1v) is 16.5. The van der Waals surface area contributed by atoms with E-state index in [-0.39, 0.29) is 54.4 Å². The van der Waals surface area contributed by atoms with Gasteiger partial charge in [0.15, 0.2) is 0 Å². The number of hydrogen-bond donors (Lipinski definition) is 5. The number of alkyl halides is 3. The first-order chi connectivity index (χ1) is 21.9. The molecule has 0 amide bonds. The normalized spacial score (nSPS) is 11.1. The van der Waals surface area contributed by atoms with Crippen molar-refractivity contribution >= 4 is 128 Å². The number of nitrogens with one attached hydrogen (secondary N) is 4. The number of nitrogens with zero attached hydrogens (tertiary/aromatic N) is 3. The van der Waals surface area contributed by atoms with Gasteiger partial charge in [-0.15, -0.1) is 0 Å². The standard InChI is InChI=1S/C18H15ClF3N3O2.2C4H8N2S4.Mn.Zn/c1-17(26,9-25-11-23-10-24-25)15-7-6-14(8-16(15)18(20,21)22)27-13-4-2-12(19)3-5-13;2*7-3(8)5-1-2-6-4(9)10;;/h2-8,10-11,26H,9H2,1H3;2*1-2H2,(H2,5,7,8)(H2,6,9,10);;/q;;;2*+2/p-4. The summed E-state index contributed by atoms with van der Waals surface area (Å²) in [6.45, 7) is 3.77. The van der Waals surface area contributed by atoms with Crippen molar-refractivity contribution in [3.8, 4) is 11.5 Å². The van der Waals surface area contributed by atoms with Gasteiger partial charge in [-0.25, -0.2) is 9.67 Å². The van der Waals surface area contributed by atoms with E-state index in [1.165, 1.54) is 36.4 Å². The SMILES string of the molecule is CC(O)(Cn1cncn1)c1ccc(Oc2ccc(Cl)cc2)cc1C(F)(F)F.S=C([S-])NCCNC(=S)[S-].S=C([S-])NCCNC(=S)[S-].[Mn+2].[Zn+2]. The van der Waals surface area contributed by atoms with Gasteiger partial charge in [0, 0.05) is 31.2 Å². The fraction of sp³-hybridized carbons (Fsp3) is 0.308. The van der Waals surface area contributed by atoms with Crippen LogP contribution in [0, 0.1) is 0 Å². The average Bonchev–Trinajstić information content (AvgIpc) is 3.47. The Morgan fingerprint density at radius 1 is 0.816 bits per heavy atom. The molecular formula is C26H27ClF3MnN7O2S8Zn. The van der Waals surface area contributed by atoms with E-state index in [2.05, 4.69) is 131 Å². The topological polar surface area (TPSA) is 108 Å². The molecule has 0 bridgehead atoms. The summed E-state index contributed by atoms with van der Waals surface area (Å²) in [5, 5.41) is 26.1. The summed E-state index contributed by atoms with van der Waals surface area (Å²) < 4.78 is 49.1. The zero-order valence-corrected chi connectivity index (χ0v) is 36.7. The summed E-state index contributed by atoms with van der Waals surface area (Å²) >= 11 is 42.5. The van der Waals surface area contributed by atoms with E-state index >= 15 is 0 Å². The Hall–Kier alpha value is -0.997. The molecule has 5 N–H and O–H groups in total. The molecule has 0 aliphatic heterocycles. The summed E-state index contributed by atoms with van der Waals surface area (Å²) in [6.07, 6.45) is -2.12. The number of rotatable bonds is 11. The van der Waals surface area contributed by atoms with Crippen LogP contribution in [0.1, 0.15) is 18.1 Å². The van der Waals surface area contributed by atoms with E-state index in [4.69, 9.17) is 16.3 Å². The molecule has 1 radical (unpaired) electrons. The third-order valence-electron chi connectivity index (χ3n) is 5.19.